The molecule has 0 saturated heterocycles. The first kappa shape index (κ1) is 8.76. The molecule has 15 heavy (non-hydrogen) atoms. The van der Waals surface area contributed by atoms with Crippen LogP contribution in [0.1, 0.15) is 19.3 Å². The summed E-state index contributed by atoms with van der Waals surface area (Å²) >= 11 is 0. The van der Waals surface area contributed by atoms with Gasteiger partial charge in [0.25, 0.3) is 0 Å². The number of carbonyl (C=O) groups is 1. The van der Waals surface area contributed by atoms with Crippen molar-refractivity contribution in [3.05, 3.63) is 6.20 Å². The Bertz CT molecular complexity index is 390. The van der Waals surface area contributed by atoms with Gasteiger partial charge in [0.05, 0.1) is 11.9 Å². The monoisotopic (exact) mass is 206 g/mol. The fraction of sp³-hybridized carbons (Fsp3) is 0.600. The third-order valence-electron chi connectivity index (χ3n) is 3.53. The summed E-state index contributed by atoms with van der Waals surface area (Å²) in [5.41, 5.74) is 6.11. The van der Waals surface area contributed by atoms with E-state index in [4.69, 9.17) is 5.73 Å². The van der Waals surface area contributed by atoms with Gasteiger partial charge in [-0.3, -0.25) is 9.89 Å². The summed E-state index contributed by atoms with van der Waals surface area (Å²) in [6.45, 7) is 0. The minimum atomic E-state index is 0.0816. The highest BCUT2D eigenvalue weighted by Crippen LogP contribution is 2.54. The van der Waals surface area contributed by atoms with Crippen molar-refractivity contribution in [3.8, 4) is 0 Å². The van der Waals surface area contributed by atoms with Gasteiger partial charge in [-0.05, 0) is 31.1 Å². The summed E-state index contributed by atoms with van der Waals surface area (Å²) in [6, 6.07) is 0. The van der Waals surface area contributed by atoms with Crippen LogP contribution >= 0.6 is 0 Å². The SMILES string of the molecule is Nc1cn[nH]c1NC(=O)C1CC2CC2C1. The number of hydrogen-bond donors (Lipinski definition) is 3. The predicted octanol–water partition coefficient (Wildman–Crippen LogP) is 0.976. The molecule has 1 aromatic heterocycles. The number of amides is 1. The number of nitrogens with zero attached hydrogens (tertiary/aromatic N) is 1. The second-order valence-electron chi connectivity index (χ2n) is 4.61. The van der Waals surface area contributed by atoms with Crippen LogP contribution in [0.2, 0.25) is 0 Å². The topological polar surface area (TPSA) is 83.8 Å². The largest absolute Gasteiger partial charge is 0.394 e. The van der Waals surface area contributed by atoms with Crippen LogP contribution in [0.4, 0.5) is 11.5 Å². The molecule has 3 rings (SSSR count). The maximum Gasteiger partial charge on any atom is 0.228 e. The lowest BCUT2D eigenvalue weighted by Crippen LogP contribution is -2.22. The minimum absolute atomic E-state index is 0.0816. The fourth-order valence-electron chi connectivity index (χ4n) is 2.55. The van der Waals surface area contributed by atoms with E-state index in [-0.39, 0.29) is 11.8 Å². The molecule has 0 aliphatic heterocycles. The van der Waals surface area contributed by atoms with Gasteiger partial charge in [0.2, 0.25) is 5.91 Å². The van der Waals surface area contributed by atoms with Crippen molar-refractivity contribution in [1.82, 2.24) is 10.2 Å². The Morgan fingerprint density at radius 2 is 2.20 bits per heavy atom. The van der Waals surface area contributed by atoms with Gasteiger partial charge in [-0.2, -0.15) is 5.10 Å². The lowest BCUT2D eigenvalue weighted by atomic mass is 10.0. The van der Waals surface area contributed by atoms with Crippen molar-refractivity contribution in [1.29, 1.82) is 0 Å². The van der Waals surface area contributed by atoms with E-state index in [0.29, 0.717) is 11.5 Å². The van der Waals surface area contributed by atoms with E-state index in [2.05, 4.69) is 15.5 Å². The molecule has 5 nitrogen and oxygen atoms in total. The van der Waals surface area contributed by atoms with Crippen LogP contribution < -0.4 is 11.1 Å². The molecule has 2 fully saturated rings. The number of rotatable bonds is 2. The number of anilines is 2. The van der Waals surface area contributed by atoms with Gasteiger partial charge in [0.15, 0.2) is 5.82 Å². The van der Waals surface area contributed by atoms with Crippen LogP contribution in [0.5, 0.6) is 0 Å². The molecule has 0 radical (unpaired) electrons. The molecule has 2 atom stereocenters. The van der Waals surface area contributed by atoms with Crippen LogP contribution in [-0.2, 0) is 4.79 Å². The maximum atomic E-state index is 11.8. The predicted molar refractivity (Wildman–Crippen MR) is 56.0 cm³/mol. The van der Waals surface area contributed by atoms with Crippen molar-refractivity contribution < 1.29 is 4.79 Å². The molecular weight excluding hydrogens is 192 g/mol. The van der Waals surface area contributed by atoms with E-state index in [0.717, 1.165) is 24.7 Å². The van der Waals surface area contributed by atoms with Crippen LogP contribution in [0.3, 0.4) is 0 Å². The van der Waals surface area contributed by atoms with Gasteiger partial charge in [-0.1, -0.05) is 0 Å². The highest BCUT2D eigenvalue weighted by Gasteiger charge is 2.48. The number of nitrogens with two attached hydrogens (primary N) is 1. The summed E-state index contributed by atoms with van der Waals surface area (Å²) in [5.74, 6) is 2.43. The summed E-state index contributed by atoms with van der Waals surface area (Å²) in [6.07, 6.45) is 4.92. The molecule has 2 aliphatic rings. The number of carbonyl (C=O) groups excluding carboxylic acids is 1. The van der Waals surface area contributed by atoms with Gasteiger partial charge in [-0.15, -0.1) is 0 Å². The van der Waals surface area contributed by atoms with Gasteiger partial charge in [0, 0.05) is 5.92 Å². The van der Waals surface area contributed by atoms with E-state index in [1.54, 1.807) is 0 Å². The van der Waals surface area contributed by atoms with Gasteiger partial charge < -0.3 is 11.1 Å². The molecule has 4 N–H and O–H groups in total. The summed E-state index contributed by atoms with van der Waals surface area (Å²) in [7, 11) is 0. The maximum absolute atomic E-state index is 11.8. The summed E-state index contributed by atoms with van der Waals surface area (Å²) < 4.78 is 0. The Labute approximate surface area is 87.4 Å². The van der Waals surface area contributed by atoms with Crippen LogP contribution in [0, 0.1) is 17.8 Å². The first-order valence-corrected chi connectivity index (χ1v) is 5.33. The molecule has 0 spiro atoms. The smallest absolute Gasteiger partial charge is 0.228 e. The van der Waals surface area contributed by atoms with E-state index >= 15 is 0 Å². The molecule has 1 aromatic rings. The zero-order valence-electron chi connectivity index (χ0n) is 8.36. The van der Waals surface area contributed by atoms with Crippen molar-refractivity contribution in [2.45, 2.75) is 19.3 Å². The summed E-state index contributed by atoms with van der Waals surface area (Å²) in [4.78, 5) is 11.8. The number of H-pyrrole nitrogens is 1. The Hall–Kier alpha value is -1.52. The average Bonchev–Trinajstić information content (AvgIpc) is 2.64. The van der Waals surface area contributed by atoms with Crippen LogP contribution in [-0.4, -0.2) is 16.1 Å². The quantitative estimate of drug-likeness (QED) is 0.674. The number of hydrogen-bond acceptors (Lipinski definition) is 3. The number of fused-ring (bicyclic) bond motifs is 1. The number of nitrogens with one attached hydrogen (secondary N) is 2. The molecule has 2 aliphatic carbocycles. The first-order chi connectivity index (χ1) is 7.24. The Morgan fingerprint density at radius 1 is 1.47 bits per heavy atom. The molecule has 5 heteroatoms. The van der Waals surface area contributed by atoms with Crippen molar-refractivity contribution >= 4 is 17.4 Å². The van der Waals surface area contributed by atoms with Crippen LogP contribution in [0.15, 0.2) is 6.20 Å². The Balaban J connectivity index is 1.64. The van der Waals surface area contributed by atoms with E-state index in [1.165, 1.54) is 12.6 Å². The second kappa shape index (κ2) is 2.98. The molecule has 80 valence electrons. The average molecular weight is 206 g/mol. The molecule has 0 bridgehead atoms. The fourth-order valence-corrected chi connectivity index (χ4v) is 2.55. The first-order valence-electron chi connectivity index (χ1n) is 5.33. The molecule has 1 heterocycles. The molecule has 2 unspecified atom stereocenters. The Kier molecular flexibility index (Phi) is 1.74. The zero-order chi connectivity index (χ0) is 10.4. The number of nitrogen functional groups attached to an aromatic ring is 1. The van der Waals surface area contributed by atoms with Crippen molar-refractivity contribution in [2.24, 2.45) is 17.8 Å². The molecule has 0 aromatic carbocycles. The molecular formula is C10H14N4O. The third kappa shape index (κ3) is 1.48. The van der Waals surface area contributed by atoms with Gasteiger partial charge >= 0.3 is 0 Å². The standard InChI is InChI=1S/C10H14N4O/c11-8-4-12-14-9(8)13-10(15)7-2-5-1-6(5)3-7/h4-7H,1-3,11H2,(H2,12,13,14,15). The van der Waals surface area contributed by atoms with E-state index in [9.17, 15) is 4.79 Å². The molecule has 1 amide bonds. The number of aromatic amines is 1. The number of aromatic nitrogens is 2. The Morgan fingerprint density at radius 3 is 2.80 bits per heavy atom. The highest BCUT2D eigenvalue weighted by atomic mass is 16.2. The lowest BCUT2D eigenvalue weighted by molar-refractivity contribution is -0.120. The van der Waals surface area contributed by atoms with E-state index in [1.807, 2.05) is 0 Å². The zero-order valence-corrected chi connectivity index (χ0v) is 8.36. The van der Waals surface area contributed by atoms with Crippen molar-refractivity contribution in [3.63, 3.8) is 0 Å². The van der Waals surface area contributed by atoms with Gasteiger partial charge in [0.1, 0.15) is 0 Å². The molecule has 2 saturated carbocycles. The van der Waals surface area contributed by atoms with Crippen molar-refractivity contribution in [2.75, 3.05) is 11.1 Å². The van der Waals surface area contributed by atoms with E-state index < -0.39 is 0 Å². The normalized spacial score (nSPS) is 32.4. The summed E-state index contributed by atoms with van der Waals surface area (Å²) in [5, 5.41) is 9.23. The lowest BCUT2D eigenvalue weighted by Gasteiger charge is -2.11. The van der Waals surface area contributed by atoms with Crippen LogP contribution in [0.25, 0.3) is 0 Å². The van der Waals surface area contributed by atoms with Gasteiger partial charge in [-0.25, -0.2) is 0 Å². The second-order valence-corrected chi connectivity index (χ2v) is 4.61. The third-order valence-corrected chi connectivity index (χ3v) is 3.53. The minimum Gasteiger partial charge on any atom is -0.394 e. The highest BCUT2D eigenvalue weighted by molar-refractivity contribution is 5.94.